The minimum Gasteiger partial charge on any atom is -0.480 e. The first-order chi connectivity index (χ1) is 9.29. The monoisotopic (exact) mass is 275 g/mol. The lowest BCUT2D eigenvalue weighted by molar-refractivity contribution is -0.146. The Morgan fingerprint density at radius 3 is 2.40 bits per heavy atom. The molecule has 2 rings (SSSR count). The summed E-state index contributed by atoms with van der Waals surface area (Å²) in [7, 11) is 0. The van der Waals surface area contributed by atoms with Crippen molar-refractivity contribution in [3.05, 3.63) is 35.4 Å². The SMILES string of the molecule is CC(C)CNC1(C(=O)O)CCC(C)(C)c2ccccc21. The zero-order valence-corrected chi connectivity index (χ0v) is 12.9. The summed E-state index contributed by atoms with van der Waals surface area (Å²) >= 11 is 0. The van der Waals surface area contributed by atoms with Crippen molar-refractivity contribution in [2.75, 3.05) is 6.54 Å². The Hall–Kier alpha value is -1.35. The van der Waals surface area contributed by atoms with E-state index in [2.05, 4.69) is 39.1 Å². The van der Waals surface area contributed by atoms with Crippen molar-refractivity contribution in [2.24, 2.45) is 5.92 Å². The van der Waals surface area contributed by atoms with Crippen molar-refractivity contribution in [1.82, 2.24) is 5.32 Å². The van der Waals surface area contributed by atoms with Crippen molar-refractivity contribution in [1.29, 1.82) is 0 Å². The Bertz CT molecular complexity index is 507. The second-order valence-electron chi connectivity index (χ2n) is 6.91. The van der Waals surface area contributed by atoms with Gasteiger partial charge < -0.3 is 5.11 Å². The second-order valence-corrected chi connectivity index (χ2v) is 6.91. The smallest absolute Gasteiger partial charge is 0.328 e. The van der Waals surface area contributed by atoms with Gasteiger partial charge in [-0.2, -0.15) is 0 Å². The van der Waals surface area contributed by atoms with E-state index in [9.17, 15) is 9.90 Å². The van der Waals surface area contributed by atoms with E-state index < -0.39 is 11.5 Å². The number of hydrogen-bond donors (Lipinski definition) is 2. The molecule has 1 aliphatic carbocycles. The van der Waals surface area contributed by atoms with Crippen LogP contribution in [0.1, 0.15) is 51.7 Å². The van der Waals surface area contributed by atoms with Crippen molar-refractivity contribution in [3.63, 3.8) is 0 Å². The highest BCUT2D eigenvalue weighted by Gasteiger charge is 2.47. The van der Waals surface area contributed by atoms with Gasteiger partial charge in [0.25, 0.3) is 0 Å². The summed E-state index contributed by atoms with van der Waals surface area (Å²) < 4.78 is 0. The first-order valence-corrected chi connectivity index (χ1v) is 7.38. The van der Waals surface area contributed by atoms with Gasteiger partial charge in [-0.3, -0.25) is 5.32 Å². The molecule has 0 aromatic heterocycles. The van der Waals surface area contributed by atoms with Gasteiger partial charge in [0.15, 0.2) is 0 Å². The second kappa shape index (κ2) is 5.21. The molecular weight excluding hydrogens is 250 g/mol. The number of rotatable bonds is 4. The number of nitrogens with one attached hydrogen (secondary N) is 1. The predicted molar refractivity (Wildman–Crippen MR) is 80.9 cm³/mol. The molecule has 0 saturated carbocycles. The van der Waals surface area contributed by atoms with E-state index >= 15 is 0 Å². The van der Waals surface area contributed by atoms with Crippen molar-refractivity contribution >= 4 is 5.97 Å². The van der Waals surface area contributed by atoms with Crippen molar-refractivity contribution in [3.8, 4) is 0 Å². The Morgan fingerprint density at radius 2 is 1.85 bits per heavy atom. The lowest BCUT2D eigenvalue weighted by Gasteiger charge is -2.43. The van der Waals surface area contributed by atoms with E-state index in [0.717, 1.165) is 17.5 Å². The molecule has 0 fully saturated rings. The maximum Gasteiger partial charge on any atom is 0.328 e. The van der Waals surface area contributed by atoms with Crippen LogP contribution in [0.15, 0.2) is 24.3 Å². The van der Waals surface area contributed by atoms with Gasteiger partial charge in [-0.05, 0) is 41.8 Å². The molecule has 1 aliphatic rings. The van der Waals surface area contributed by atoms with Gasteiger partial charge in [-0.1, -0.05) is 52.0 Å². The van der Waals surface area contributed by atoms with E-state index in [1.165, 1.54) is 0 Å². The van der Waals surface area contributed by atoms with Gasteiger partial charge >= 0.3 is 5.97 Å². The summed E-state index contributed by atoms with van der Waals surface area (Å²) in [5.41, 5.74) is 1.19. The zero-order valence-electron chi connectivity index (χ0n) is 12.9. The molecule has 0 spiro atoms. The average Bonchev–Trinajstić information content (AvgIpc) is 2.38. The normalized spacial score (nSPS) is 24.4. The van der Waals surface area contributed by atoms with E-state index in [4.69, 9.17) is 0 Å². The first-order valence-electron chi connectivity index (χ1n) is 7.38. The predicted octanol–water partition coefficient (Wildman–Crippen LogP) is 3.28. The van der Waals surface area contributed by atoms with Gasteiger partial charge in [-0.25, -0.2) is 4.79 Å². The summed E-state index contributed by atoms with van der Waals surface area (Å²) in [5.74, 6) is -0.338. The molecule has 1 aromatic rings. The minimum absolute atomic E-state index is 0.0368. The largest absolute Gasteiger partial charge is 0.480 e. The van der Waals surface area contributed by atoms with E-state index in [0.29, 0.717) is 18.9 Å². The fraction of sp³-hybridized carbons (Fsp3) is 0.588. The van der Waals surface area contributed by atoms with Crippen LogP contribution >= 0.6 is 0 Å². The molecule has 0 heterocycles. The quantitative estimate of drug-likeness (QED) is 0.886. The van der Waals surface area contributed by atoms with E-state index in [1.54, 1.807) is 0 Å². The van der Waals surface area contributed by atoms with Crippen LogP contribution in [0.3, 0.4) is 0 Å². The molecule has 1 unspecified atom stereocenters. The van der Waals surface area contributed by atoms with Crippen LogP contribution in [-0.2, 0) is 15.7 Å². The highest BCUT2D eigenvalue weighted by atomic mass is 16.4. The van der Waals surface area contributed by atoms with Gasteiger partial charge in [0.2, 0.25) is 0 Å². The molecule has 0 radical (unpaired) electrons. The van der Waals surface area contributed by atoms with Crippen molar-refractivity contribution in [2.45, 2.75) is 51.5 Å². The lowest BCUT2D eigenvalue weighted by atomic mass is 9.65. The lowest BCUT2D eigenvalue weighted by Crippen LogP contribution is -2.54. The fourth-order valence-corrected chi connectivity index (χ4v) is 3.07. The van der Waals surface area contributed by atoms with Crippen LogP contribution in [0.2, 0.25) is 0 Å². The summed E-state index contributed by atoms with van der Waals surface area (Å²) in [6, 6.07) is 7.98. The third kappa shape index (κ3) is 2.47. The highest BCUT2D eigenvalue weighted by Crippen LogP contribution is 2.44. The maximum atomic E-state index is 12.0. The van der Waals surface area contributed by atoms with Crippen LogP contribution in [-0.4, -0.2) is 17.6 Å². The number of aliphatic carboxylic acids is 1. The molecule has 2 N–H and O–H groups in total. The van der Waals surface area contributed by atoms with Crippen LogP contribution in [0.5, 0.6) is 0 Å². The maximum absolute atomic E-state index is 12.0. The first kappa shape index (κ1) is 15.0. The van der Waals surface area contributed by atoms with Gasteiger partial charge in [-0.15, -0.1) is 0 Å². The molecule has 0 aliphatic heterocycles. The number of carboxylic acid groups (broad SMARTS) is 1. The van der Waals surface area contributed by atoms with Gasteiger partial charge in [0.1, 0.15) is 5.54 Å². The summed E-state index contributed by atoms with van der Waals surface area (Å²) in [6.45, 7) is 9.30. The van der Waals surface area contributed by atoms with Gasteiger partial charge in [0.05, 0.1) is 0 Å². The standard InChI is InChI=1S/C17H25NO2/c1-12(2)11-18-17(15(19)20)10-9-16(3,4)13-7-5-6-8-14(13)17/h5-8,12,18H,9-11H2,1-4H3,(H,19,20). The highest BCUT2D eigenvalue weighted by molar-refractivity contribution is 5.82. The molecule has 0 saturated heterocycles. The molecule has 0 bridgehead atoms. The Kier molecular flexibility index (Phi) is 3.92. The van der Waals surface area contributed by atoms with E-state index in [-0.39, 0.29) is 5.41 Å². The van der Waals surface area contributed by atoms with Crippen LogP contribution in [0.25, 0.3) is 0 Å². The number of hydrogen-bond acceptors (Lipinski definition) is 2. The Balaban J connectivity index is 2.51. The average molecular weight is 275 g/mol. The molecule has 3 heteroatoms. The molecular formula is C17H25NO2. The van der Waals surface area contributed by atoms with Crippen molar-refractivity contribution < 1.29 is 9.90 Å². The van der Waals surface area contributed by atoms with Crippen LogP contribution in [0.4, 0.5) is 0 Å². The third-order valence-electron chi connectivity index (χ3n) is 4.42. The summed E-state index contributed by atoms with van der Waals surface area (Å²) in [4.78, 5) is 12.0. The number of carboxylic acids is 1. The third-order valence-corrected chi connectivity index (χ3v) is 4.42. The summed E-state index contributed by atoms with van der Waals surface area (Å²) in [5, 5.41) is 13.2. The Labute approximate surface area is 121 Å². The Morgan fingerprint density at radius 1 is 1.25 bits per heavy atom. The number of carbonyl (C=O) groups is 1. The van der Waals surface area contributed by atoms with Crippen LogP contribution in [0, 0.1) is 5.92 Å². The van der Waals surface area contributed by atoms with Crippen LogP contribution < -0.4 is 5.32 Å². The molecule has 3 nitrogen and oxygen atoms in total. The van der Waals surface area contributed by atoms with Gasteiger partial charge in [0, 0.05) is 0 Å². The molecule has 1 aromatic carbocycles. The zero-order chi connectivity index (χ0) is 15.0. The minimum atomic E-state index is -0.934. The molecule has 110 valence electrons. The molecule has 1 atom stereocenters. The number of fused-ring (bicyclic) bond motifs is 1. The topological polar surface area (TPSA) is 49.3 Å². The summed E-state index contributed by atoms with van der Waals surface area (Å²) in [6.07, 6.45) is 1.51. The fourth-order valence-electron chi connectivity index (χ4n) is 3.07. The molecule has 0 amide bonds. The molecule has 20 heavy (non-hydrogen) atoms. The number of benzene rings is 1. The van der Waals surface area contributed by atoms with E-state index in [1.807, 2.05) is 18.2 Å².